The maximum atomic E-state index is 6.23. The molecule has 0 saturated heterocycles. The summed E-state index contributed by atoms with van der Waals surface area (Å²) in [5.41, 5.74) is 7.69. The van der Waals surface area contributed by atoms with Crippen LogP contribution in [-0.2, 0) is 0 Å². The van der Waals surface area contributed by atoms with Crippen molar-refractivity contribution in [2.75, 3.05) is 12.8 Å². The van der Waals surface area contributed by atoms with Crippen molar-refractivity contribution in [1.29, 1.82) is 0 Å². The summed E-state index contributed by atoms with van der Waals surface area (Å²) < 4.78 is 7.69. The summed E-state index contributed by atoms with van der Waals surface area (Å²) in [6.45, 7) is 0. The molecule has 3 rings (SSSR count). The highest BCUT2D eigenvalue weighted by molar-refractivity contribution is 9.10. The van der Waals surface area contributed by atoms with Gasteiger partial charge in [-0.1, -0.05) is 27.5 Å². The van der Waals surface area contributed by atoms with Crippen LogP contribution < -0.4 is 10.5 Å². The lowest BCUT2D eigenvalue weighted by atomic mass is 10.3. The average molecular weight is 355 g/mol. The van der Waals surface area contributed by atoms with Gasteiger partial charge >= 0.3 is 0 Å². The minimum Gasteiger partial charge on any atom is -0.479 e. The molecule has 3 aromatic rings. The number of rotatable bonds is 2. The standard InChI is InChI=1S/C12H9BrClN5O/c1-20-11-9-10(16-5-17-11)19(12(15)18-9)8-4-6(13)2-3-7(8)14/h2-5H,1H3,(H2,15,18). The van der Waals surface area contributed by atoms with E-state index in [2.05, 4.69) is 30.9 Å². The first-order valence-corrected chi connectivity index (χ1v) is 6.77. The lowest BCUT2D eigenvalue weighted by Crippen LogP contribution is -2.02. The number of ether oxygens (including phenoxy) is 1. The van der Waals surface area contributed by atoms with Crippen LogP contribution in [0, 0.1) is 0 Å². The zero-order chi connectivity index (χ0) is 14.3. The Labute approximate surface area is 127 Å². The molecule has 0 aliphatic rings. The molecule has 1 aromatic carbocycles. The van der Waals surface area contributed by atoms with Crippen LogP contribution >= 0.6 is 27.5 Å². The van der Waals surface area contributed by atoms with E-state index in [1.165, 1.54) is 13.4 Å². The molecule has 0 amide bonds. The first-order chi connectivity index (χ1) is 9.61. The number of halogens is 2. The maximum Gasteiger partial charge on any atom is 0.245 e. The third kappa shape index (κ3) is 1.99. The fourth-order valence-corrected chi connectivity index (χ4v) is 2.48. The summed E-state index contributed by atoms with van der Waals surface area (Å²) in [5, 5.41) is 0.539. The number of methoxy groups -OCH3 is 1. The van der Waals surface area contributed by atoms with Gasteiger partial charge in [0.15, 0.2) is 11.2 Å². The van der Waals surface area contributed by atoms with E-state index >= 15 is 0 Å². The zero-order valence-corrected chi connectivity index (χ0v) is 12.7. The molecule has 0 bridgehead atoms. The third-order valence-corrected chi connectivity index (χ3v) is 3.59. The van der Waals surface area contributed by atoms with Gasteiger partial charge in [0.2, 0.25) is 11.8 Å². The van der Waals surface area contributed by atoms with Gasteiger partial charge in [0.1, 0.15) is 6.33 Å². The van der Waals surface area contributed by atoms with Crippen LogP contribution in [0.1, 0.15) is 0 Å². The smallest absolute Gasteiger partial charge is 0.245 e. The number of benzene rings is 1. The van der Waals surface area contributed by atoms with Gasteiger partial charge in [-0.25, -0.2) is 9.97 Å². The van der Waals surface area contributed by atoms with E-state index in [1.807, 2.05) is 12.1 Å². The van der Waals surface area contributed by atoms with E-state index in [0.717, 1.165) is 4.47 Å². The van der Waals surface area contributed by atoms with E-state index in [9.17, 15) is 0 Å². The molecule has 0 unspecified atom stereocenters. The molecule has 2 heterocycles. The number of hydrogen-bond donors (Lipinski definition) is 1. The van der Waals surface area contributed by atoms with Crippen LogP contribution in [0.5, 0.6) is 5.88 Å². The molecule has 6 nitrogen and oxygen atoms in total. The molecule has 0 spiro atoms. The molecule has 2 aromatic heterocycles. The van der Waals surface area contributed by atoms with E-state index in [1.54, 1.807) is 10.6 Å². The SMILES string of the molecule is COc1ncnc2c1nc(N)n2-c1cc(Br)ccc1Cl. The predicted octanol–water partition coefficient (Wildman–Crippen LogP) is 2.82. The summed E-state index contributed by atoms with van der Waals surface area (Å²) in [6.07, 6.45) is 1.39. The number of anilines is 1. The number of imidazole rings is 1. The fourth-order valence-electron chi connectivity index (χ4n) is 1.93. The Bertz CT molecular complexity index is 804. The zero-order valence-electron chi connectivity index (χ0n) is 10.3. The highest BCUT2D eigenvalue weighted by Gasteiger charge is 2.17. The van der Waals surface area contributed by atoms with Gasteiger partial charge in [-0.3, -0.25) is 4.57 Å². The predicted molar refractivity (Wildman–Crippen MR) is 80.3 cm³/mol. The Balaban J connectivity index is 2.37. The highest BCUT2D eigenvalue weighted by atomic mass is 79.9. The van der Waals surface area contributed by atoms with Crippen LogP contribution in [0.3, 0.4) is 0 Å². The van der Waals surface area contributed by atoms with Crippen LogP contribution in [0.4, 0.5) is 5.95 Å². The van der Waals surface area contributed by atoms with Crippen molar-refractivity contribution >= 4 is 44.6 Å². The number of nitrogens with zero attached hydrogens (tertiary/aromatic N) is 4. The molecule has 8 heteroatoms. The van der Waals surface area contributed by atoms with Gasteiger partial charge in [-0.05, 0) is 18.2 Å². The first kappa shape index (κ1) is 13.1. The second kappa shape index (κ2) is 4.92. The van der Waals surface area contributed by atoms with Crippen LogP contribution in [0.15, 0.2) is 29.0 Å². The molecule has 0 aliphatic carbocycles. The van der Waals surface area contributed by atoms with Gasteiger partial charge in [-0.2, -0.15) is 4.98 Å². The van der Waals surface area contributed by atoms with Gasteiger partial charge < -0.3 is 10.5 Å². The first-order valence-electron chi connectivity index (χ1n) is 5.60. The number of nitrogens with two attached hydrogens (primary N) is 1. The van der Waals surface area contributed by atoms with Crippen molar-refractivity contribution < 1.29 is 4.74 Å². The minimum atomic E-state index is 0.263. The van der Waals surface area contributed by atoms with Crippen molar-refractivity contribution in [3.63, 3.8) is 0 Å². The topological polar surface area (TPSA) is 78.8 Å². The monoisotopic (exact) mass is 353 g/mol. The second-order valence-electron chi connectivity index (χ2n) is 3.96. The molecule has 2 N–H and O–H groups in total. The van der Waals surface area contributed by atoms with Crippen molar-refractivity contribution in [1.82, 2.24) is 19.5 Å². The Morgan fingerprint density at radius 1 is 1.35 bits per heavy atom. The summed E-state index contributed by atoms with van der Waals surface area (Å²) in [7, 11) is 1.52. The van der Waals surface area contributed by atoms with E-state index in [4.69, 9.17) is 22.1 Å². The third-order valence-electron chi connectivity index (χ3n) is 2.78. The summed E-state index contributed by atoms with van der Waals surface area (Å²) >= 11 is 9.64. The number of nitrogen functional groups attached to an aromatic ring is 1. The molecule has 0 saturated carbocycles. The van der Waals surface area contributed by atoms with Crippen molar-refractivity contribution in [3.8, 4) is 11.6 Å². The summed E-state index contributed by atoms with van der Waals surface area (Å²) in [4.78, 5) is 12.5. The molecule has 102 valence electrons. The molecule has 0 aliphatic heterocycles. The molecule has 20 heavy (non-hydrogen) atoms. The quantitative estimate of drug-likeness (QED) is 0.765. The highest BCUT2D eigenvalue weighted by Crippen LogP contribution is 2.31. The summed E-state index contributed by atoms with van der Waals surface area (Å²) in [6, 6.07) is 5.45. The van der Waals surface area contributed by atoms with Crippen LogP contribution in [-0.4, -0.2) is 26.6 Å². The lowest BCUT2D eigenvalue weighted by molar-refractivity contribution is 0.401. The van der Waals surface area contributed by atoms with Gasteiger partial charge in [0.05, 0.1) is 17.8 Å². The number of aromatic nitrogens is 4. The molecular weight excluding hydrogens is 346 g/mol. The normalized spacial score (nSPS) is 10.9. The second-order valence-corrected chi connectivity index (χ2v) is 5.28. The van der Waals surface area contributed by atoms with E-state index in [0.29, 0.717) is 27.8 Å². The molecule has 0 atom stereocenters. The van der Waals surface area contributed by atoms with Crippen molar-refractivity contribution in [3.05, 3.63) is 34.0 Å². The fraction of sp³-hybridized carbons (Fsp3) is 0.0833. The van der Waals surface area contributed by atoms with Gasteiger partial charge in [-0.15, -0.1) is 0 Å². The summed E-state index contributed by atoms with van der Waals surface area (Å²) in [5.74, 6) is 0.630. The Morgan fingerprint density at radius 2 is 2.15 bits per heavy atom. The van der Waals surface area contributed by atoms with Gasteiger partial charge in [0, 0.05) is 4.47 Å². The van der Waals surface area contributed by atoms with Crippen molar-refractivity contribution in [2.45, 2.75) is 0 Å². The molecule has 0 radical (unpaired) electrons. The minimum absolute atomic E-state index is 0.263. The average Bonchev–Trinajstić information content (AvgIpc) is 2.77. The Hall–Kier alpha value is -1.86. The van der Waals surface area contributed by atoms with Crippen molar-refractivity contribution in [2.24, 2.45) is 0 Å². The van der Waals surface area contributed by atoms with Crippen LogP contribution in [0.25, 0.3) is 16.9 Å². The number of hydrogen-bond acceptors (Lipinski definition) is 5. The Morgan fingerprint density at radius 3 is 2.90 bits per heavy atom. The van der Waals surface area contributed by atoms with Crippen LogP contribution in [0.2, 0.25) is 5.02 Å². The Kier molecular flexibility index (Phi) is 3.23. The van der Waals surface area contributed by atoms with E-state index < -0.39 is 0 Å². The lowest BCUT2D eigenvalue weighted by Gasteiger charge is -2.08. The largest absolute Gasteiger partial charge is 0.479 e. The number of fused-ring (bicyclic) bond motifs is 1. The molecule has 0 fully saturated rings. The maximum absolute atomic E-state index is 6.23. The van der Waals surface area contributed by atoms with E-state index in [-0.39, 0.29) is 5.95 Å². The molecular formula is C12H9BrClN5O. The van der Waals surface area contributed by atoms with Gasteiger partial charge in [0.25, 0.3) is 0 Å².